The Morgan fingerprint density at radius 1 is 1.26 bits per heavy atom. The number of carbonyl (C=O) groups is 1. The van der Waals surface area contributed by atoms with Gasteiger partial charge in [-0.05, 0) is 36.6 Å². The van der Waals surface area contributed by atoms with Crippen LogP contribution in [0.4, 0.5) is 5.69 Å². The molecule has 0 aliphatic heterocycles. The van der Waals surface area contributed by atoms with Crippen LogP contribution in [-0.4, -0.2) is 19.1 Å². The van der Waals surface area contributed by atoms with Crippen molar-refractivity contribution in [2.75, 3.05) is 18.9 Å². The molecular weight excluding hydrogens is 240 g/mol. The molecule has 0 unspecified atom stereocenters. The Morgan fingerprint density at radius 2 is 1.95 bits per heavy atom. The number of unbranched alkanes of at least 4 members (excludes halogenated alkanes) is 1. The highest BCUT2D eigenvalue weighted by Gasteiger charge is 2.02. The smallest absolute Gasteiger partial charge is 0.257 e. The first-order valence-corrected chi connectivity index (χ1v) is 6.83. The van der Waals surface area contributed by atoms with Crippen molar-refractivity contribution in [2.24, 2.45) is 5.92 Å². The van der Waals surface area contributed by atoms with E-state index >= 15 is 0 Å². The third-order valence-electron chi connectivity index (χ3n) is 2.78. The van der Waals surface area contributed by atoms with Crippen molar-refractivity contribution in [3.8, 4) is 5.75 Å². The number of rotatable bonds is 8. The minimum Gasteiger partial charge on any atom is -0.484 e. The van der Waals surface area contributed by atoms with Crippen LogP contribution in [0.5, 0.6) is 5.75 Å². The van der Waals surface area contributed by atoms with Crippen LogP contribution in [0.3, 0.4) is 0 Å². The Morgan fingerprint density at radius 3 is 2.58 bits per heavy atom. The number of nitrogen functional groups attached to an aromatic ring is 1. The summed E-state index contributed by atoms with van der Waals surface area (Å²) in [5, 5.41) is 2.85. The lowest BCUT2D eigenvalue weighted by Crippen LogP contribution is -2.29. The van der Waals surface area contributed by atoms with Gasteiger partial charge >= 0.3 is 0 Å². The molecule has 3 N–H and O–H groups in total. The minimum absolute atomic E-state index is 0.0497. The number of carbonyl (C=O) groups excluding carboxylic acids is 1. The highest BCUT2D eigenvalue weighted by molar-refractivity contribution is 5.77. The SMILES string of the molecule is CC(C)CCCCNC(=O)COc1ccc(N)cc1. The van der Waals surface area contributed by atoms with Crippen LogP contribution in [0.2, 0.25) is 0 Å². The van der Waals surface area contributed by atoms with Gasteiger partial charge in [-0.3, -0.25) is 4.79 Å². The van der Waals surface area contributed by atoms with Gasteiger partial charge in [-0.2, -0.15) is 0 Å². The van der Waals surface area contributed by atoms with E-state index in [-0.39, 0.29) is 12.5 Å². The molecule has 4 heteroatoms. The van der Waals surface area contributed by atoms with Gasteiger partial charge < -0.3 is 15.8 Å². The predicted octanol–water partition coefficient (Wildman–Crippen LogP) is 2.59. The second kappa shape index (κ2) is 8.40. The van der Waals surface area contributed by atoms with Crippen LogP contribution >= 0.6 is 0 Å². The number of hydrogen-bond donors (Lipinski definition) is 2. The number of hydrogen-bond acceptors (Lipinski definition) is 3. The van der Waals surface area contributed by atoms with Gasteiger partial charge in [-0.1, -0.05) is 26.7 Å². The summed E-state index contributed by atoms with van der Waals surface area (Å²) in [5.74, 6) is 1.30. The third kappa shape index (κ3) is 7.34. The van der Waals surface area contributed by atoms with Crippen molar-refractivity contribution in [3.63, 3.8) is 0 Å². The Labute approximate surface area is 115 Å². The molecule has 0 atom stereocenters. The normalized spacial score (nSPS) is 10.5. The molecule has 106 valence electrons. The Hall–Kier alpha value is -1.71. The van der Waals surface area contributed by atoms with Crippen molar-refractivity contribution < 1.29 is 9.53 Å². The van der Waals surface area contributed by atoms with Crippen molar-refractivity contribution in [2.45, 2.75) is 33.1 Å². The van der Waals surface area contributed by atoms with E-state index in [0.29, 0.717) is 11.4 Å². The second-order valence-corrected chi connectivity index (χ2v) is 5.10. The highest BCUT2D eigenvalue weighted by Crippen LogP contribution is 2.12. The fourth-order valence-electron chi connectivity index (χ4n) is 1.67. The number of nitrogens with two attached hydrogens (primary N) is 1. The summed E-state index contributed by atoms with van der Waals surface area (Å²) < 4.78 is 5.35. The number of benzene rings is 1. The molecule has 0 fully saturated rings. The number of amides is 1. The van der Waals surface area contributed by atoms with Gasteiger partial charge in [-0.25, -0.2) is 0 Å². The van der Waals surface area contributed by atoms with Crippen LogP contribution in [0, 0.1) is 5.92 Å². The Kier molecular flexibility index (Phi) is 6.79. The molecule has 0 aromatic heterocycles. The lowest BCUT2D eigenvalue weighted by molar-refractivity contribution is -0.123. The number of anilines is 1. The summed E-state index contributed by atoms with van der Waals surface area (Å²) in [6.45, 7) is 5.18. The molecule has 0 saturated heterocycles. The van der Waals surface area contributed by atoms with Gasteiger partial charge in [-0.15, -0.1) is 0 Å². The molecule has 0 radical (unpaired) electrons. The van der Waals surface area contributed by atoms with E-state index in [4.69, 9.17) is 10.5 Å². The zero-order chi connectivity index (χ0) is 14.1. The first kappa shape index (κ1) is 15.3. The molecule has 4 nitrogen and oxygen atoms in total. The molecule has 0 bridgehead atoms. The summed E-state index contributed by atoms with van der Waals surface area (Å²) in [4.78, 5) is 11.5. The van der Waals surface area contributed by atoms with E-state index in [1.165, 1.54) is 6.42 Å². The van der Waals surface area contributed by atoms with Gasteiger partial charge in [0.2, 0.25) is 0 Å². The van der Waals surface area contributed by atoms with Gasteiger partial charge in [0.25, 0.3) is 5.91 Å². The first-order valence-electron chi connectivity index (χ1n) is 6.83. The van der Waals surface area contributed by atoms with Gasteiger partial charge in [0.15, 0.2) is 6.61 Å². The minimum atomic E-state index is -0.0821. The number of nitrogens with one attached hydrogen (secondary N) is 1. The van der Waals surface area contributed by atoms with Crippen molar-refractivity contribution >= 4 is 11.6 Å². The average Bonchev–Trinajstić information content (AvgIpc) is 2.37. The third-order valence-corrected chi connectivity index (χ3v) is 2.78. The first-order chi connectivity index (χ1) is 9.08. The number of ether oxygens (including phenoxy) is 1. The maximum absolute atomic E-state index is 11.5. The predicted molar refractivity (Wildman–Crippen MR) is 78.0 cm³/mol. The Balaban J connectivity index is 2.09. The molecule has 0 aliphatic carbocycles. The molecule has 1 amide bonds. The zero-order valence-electron chi connectivity index (χ0n) is 11.8. The molecule has 0 saturated carbocycles. The largest absolute Gasteiger partial charge is 0.484 e. The highest BCUT2D eigenvalue weighted by atomic mass is 16.5. The van der Waals surface area contributed by atoms with E-state index < -0.39 is 0 Å². The summed E-state index contributed by atoms with van der Waals surface area (Å²) in [7, 11) is 0. The quantitative estimate of drug-likeness (QED) is 0.560. The van der Waals surface area contributed by atoms with Gasteiger partial charge in [0, 0.05) is 12.2 Å². The molecule has 1 aromatic carbocycles. The van der Waals surface area contributed by atoms with Crippen molar-refractivity contribution in [1.82, 2.24) is 5.32 Å². The molecular formula is C15H24N2O2. The lowest BCUT2D eigenvalue weighted by Gasteiger charge is -2.08. The van der Waals surface area contributed by atoms with Crippen molar-refractivity contribution in [1.29, 1.82) is 0 Å². The standard InChI is InChI=1S/C15H24N2O2/c1-12(2)5-3-4-10-17-15(18)11-19-14-8-6-13(16)7-9-14/h6-9,12H,3-5,10-11,16H2,1-2H3,(H,17,18). The Bertz CT molecular complexity index is 374. The van der Waals surface area contributed by atoms with E-state index in [1.807, 2.05) is 0 Å². The molecule has 0 spiro atoms. The maximum Gasteiger partial charge on any atom is 0.257 e. The monoisotopic (exact) mass is 264 g/mol. The van der Waals surface area contributed by atoms with Crippen LogP contribution in [-0.2, 0) is 4.79 Å². The van der Waals surface area contributed by atoms with E-state index in [1.54, 1.807) is 24.3 Å². The molecule has 1 rings (SSSR count). The average molecular weight is 264 g/mol. The van der Waals surface area contributed by atoms with Crippen molar-refractivity contribution in [3.05, 3.63) is 24.3 Å². The van der Waals surface area contributed by atoms with Gasteiger partial charge in [0.05, 0.1) is 0 Å². The molecule has 0 aliphatic rings. The summed E-state index contributed by atoms with van der Waals surface area (Å²) in [5.41, 5.74) is 6.25. The van der Waals surface area contributed by atoms with E-state index in [0.717, 1.165) is 25.3 Å². The van der Waals surface area contributed by atoms with E-state index in [2.05, 4.69) is 19.2 Å². The fraction of sp³-hybridized carbons (Fsp3) is 0.533. The van der Waals surface area contributed by atoms with Crippen LogP contribution in [0.25, 0.3) is 0 Å². The topological polar surface area (TPSA) is 64.3 Å². The van der Waals surface area contributed by atoms with Crippen LogP contribution < -0.4 is 15.8 Å². The van der Waals surface area contributed by atoms with Crippen LogP contribution in [0.15, 0.2) is 24.3 Å². The van der Waals surface area contributed by atoms with E-state index in [9.17, 15) is 4.79 Å². The fourth-order valence-corrected chi connectivity index (χ4v) is 1.67. The molecule has 1 aromatic rings. The summed E-state index contributed by atoms with van der Waals surface area (Å²) in [6, 6.07) is 7.01. The maximum atomic E-state index is 11.5. The second-order valence-electron chi connectivity index (χ2n) is 5.10. The lowest BCUT2D eigenvalue weighted by atomic mass is 10.1. The van der Waals surface area contributed by atoms with Crippen LogP contribution in [0.1, 0.15) is 33.1 Å². The van der Waals surface area contributed by atoms with Gasteiger partial charge in [0.1, 0.15) is 5.75 Å². The molecule has 19 heavy (non-hydrogen) atoms. The zero-order valence-corrected chi connectivity index (χ0v) is 11.8. The summed E-state index contributed by atoms with van der Waals surface area (Å²) >= 11 is 0. The summed E-state index contributed by atoms with van der Waals surface area (Å²) in [6.07, 6.45) is 3.38. The molecule has 0 heterocycles.